The summed E-state index contributed by atoms with van der Waals surface area (Å²) < 4.78 is 14.8. The SMILES string of the molecule is C=CC(OC)OCCOC(=O)C(=C)C. The van der Waals surface area contributed by atoms with E-state index >= 15 is 0 Å². The normalized spacial score (nSPS) is 11.9. The lowest BCUT2D eigenvalue weighted by Gasteiger charge is -2.11. The molecule has 0 bridgehead atoms. The summed E-state index contributed by atoms with van der Waals surface area (Å²) in [6, 6.07) is 0. The molecule has 0 amide bonds. The van der Waals surface area contributed by atoms with E-state index in [0.717, 1.165) is 0 Å². The Morgan fingerprint density at radius 1 is 1.50 bits per heavy atom. The quantitative estimate of drug-likeness (QED) is 0.204. The van der Waals surface area contributed by atoms with Gasteiger partial charge in [0, 0.05) is 12.7 Å². The molecule has 0 aliphatic heterocycles. The third kappa shape index (κ3) is 5.50. The van der Waals surface area contributed by atoms with Gasteiger partial charge in [-0.25, -0.2) is 4.79 Å². The molecule has 14 heavy (non-hydrogen) atoms. The monoisotopic (exact) mass is 200 g/mol. The summed E-state index contributed by atoms with van der Waals surface area (Å²) in [6.45, 7) is 8.98. The van der Waals surface area contributed by atoms with Gasteiger partial charge in [0.15, 0.2) is 6.29 Å². The van der Waals surface area contributed by atoms with Crippen LogP contribution in [0.3, 0.4) is 0 Å². The summed E-state index contributed by atoms with van der Waals surface area (Å²) in [5.41, 5.74) is 0.372. The average Bonchev–Trinajstić information content (AvgIpc) is 2.17. The number of hydrogen-bond acceptors (Lipinski definition) is 4. The highest BCUT2D eigenvalue weighted by Crippen LogP contribution is 1.95. The minimum absolute atomic E-state index is 0.180. The molecule has 0 N–H and O–H groups in total. The van der Waals surface area contributed by atoms with Crippen LogP contribution in [0.25, 0.3) is 0 Å². The molecule has 1 unspecified atom stereocenters. The van der Waals surface area contributed by atoms with Gasteiger partial charge in [-0.3, -0.25) is 0 Å². The second-order valence-electron chi connectivity index (χ2n) is 2.63. The summed E-state index contributed by atoms with van der Waals surface area (Å²) in [4.78, 5) is 10.9. The minimum Gasteiger partial charge on any atom is -0.460 e. The van der Waals surface area contributed by atoms with E-state index in [1.807, 2.05) is 0 Å². The standard InChI is InChI=1S/C10H16O4/c1-5-9(12-4)13-6-7-14-10(11)8(2)3/h5,9H,1-2,6-7H2,3-4H3. The number of carbonyl (C=O) groups excluding carboxylic acids is 1. The van der Waals surface area contributed by atoms with Crippen molar-refractivity contribution < 1.29 is 19.0 Å². The molecule has 0 aliphatic carbocycles. The van der Waals surface area contributed by atoms with Crippen molar-refractivity contribution in [1.29, 1.82) is 0 Å². The summed E-state index contributed by atoms with van der Waals surface area (Å²) >= 11 is 0. The fourth-order valence-corrected chi connectivity index (χ4v) is 0.654. The first-order valence-electron chi connectivity index (χ1n) is 4.21. The van der Waals surface area contributed by atoms with Gasteiger partial charge >= 0.3 is 5.97 Å². The molecule has 0 aromatic heterocycles. The lowest BCUT2D eigenvalue weighted by molar-refractivity contribution is -0.145. The Morgan fingerprint density at radius 2 is 2.14 bits per heavy atom. The van der Waals surface area contributed by atoms with Gasteiger partial charge in [-0.05, 0) is 13.0 Å². The zero-order valence-corrected chi connectivity index (χ0v) is 8.62. The molecule has 0 saturated carbocycles. The van der Waals surface area contributed by atoms with E-state index in [-0.39, 0.29) is 13.2 Å². The second kappa shape index (κ2) is 7.29. The number of carbonyl (C=O) groups is 1. The molecule has 0 saturated heterocycles. The maximum Gasteiger partial charge on any atom is 0.333 e. The molecule has 0 heterocycles. The molecule has 80 valence electrons. The van der Waals surface area contributed by atoms with Crippen molar-refractivity contribution in [1.82, 2.24) is 0 Å². The molecule has 1 atom stereocenters. The zero-order chi connectivity index (χ0) is 11.0. The predicted octanol–water partition coefficient (Wildman–Crippen LogP) is 1.28. The maximum atomic E-state index is 10.9. The van der Waals surface area contributed by atoms with Gasteiger partial charge in [0.25, 0.3) is 0 Å². The average molecular weight is 200 g/mol. The van der Waals surface area contributed by atoms with E-state index in [2.05, 4.69) is 13.2 Å². The molecule has 0 aliphatic rings. The van der Waals surface area contributed by atoms with Crippen LogP contribution < -0.4 is 0 Å². The number of ether oxygens (including phenoxy) is 3. The van der Waals surface area contributed by atoms with Crippen LogP contribution >= 0.6 is 0 Å². The van der Waals surface area contributed by atoms with Gasteiger partial charge < -0.3 is 14.2 Å². The van der Waals surface area contributed by atoms with E-state index in [4.69, 9.17) is 14.2 Å². The molecule has 0 aromatic rings. The molecule has 4 nitrogen and oxygen atoms in total. The summed E-state index contributed by atoms with van der Waals surface area (Å²) in [5, 5.41) is 0. The van der Waals surface area contributed by atoms with Crippen LogP contribution in [0.1, 0.15) is 6.92 Å². The van der Waals surface area contributed by atoms with Crippen molar-refractivity contribution in [2.45, 2.75) is 13.2 Å². The first kappa shape index (κ1) is 12.9. The Balaban J connectivity index is 3.50. The Bertz CT molecular complexity index is 210. The molecule has 0 fully saturated rings. The van der Waals surface area contributed by atoms with Crippen LogP contribution in [-0.4, -0.2) is 32.6 Å². The van der Waals surface area contributed by atoms with E-state index in [9.17, 15) is 4.79 Å². The summed E-state index contributed by atoms with van der Waals surface area (Å²) in [6.07, 6.45) is 1.05. The highest BCUT2D eigenvalue weighted by Gasteiger charge is 2.04. The lowest BCUT2D eigenvalue weighted by Crippen LogP contribution is -2.17. The van der Waals surface area contributed by atoms with Crippen molar-refractivity contribution in [2.24, 2.45) is 0 Å². The van der Waals surface area contributed by atoms with Gasteiger partial charge in [0.1, 0.15) is 6.61 Å². The Labute approximate surface area is 84.1 Å². The highest BCUT2D eigenvalue weighted by atomic mass is 16.7. The van der Waals surface area contributed by atoms with Crippen molar-refractivity contribution in [3.05, 3.63) is 24.8 Å². The topological polar surface area (TPSA) is 44.8 Å². The van der Waals surface area contributed by atoms with Gasteiger partial charge in [-0.1, -0.05) is 13.2 Å². The fourth-order valence-electron chi connectivity index (χ4n) is 0.654. The Kier molecular flexibility index (Phi) is 6.70. The lowest BCUT2D eigenvalue weighted by atomic mass is 10.4. The maximum absolute atomic E-state index is 10.9. The van der Waals surface area contributed by atoms with Crippen LogP contribution in [0.5, 0.6) is 0 Å². The highest BCUT2D eigenvalue weighted by molar-refractivity contribution is 5.86. The Morgan fingerprint density at radius 3 is 2.57 bits per heavy atom. The third-order valence-corrected chi connectivity index (χ3v) is 1.37. The van der Waals surface area contributed by atoms with Crippen LogP contribution in [0, 0.1) is 0 Å². The van der Waals surface area contributed by atoms with Crippen LogP contribution in [0.15, 0.2) is 24.8 Å². The summed E-state index contributed by atoms with van der Waals surface area (Å²) in [5.74, 6) is -0.416. The molecular weight excluding hydrogens is 184 g/mol. The molecule has 0 aromatic carbocycles. The fraction of sp³-hybridized carbons (Fsp3) is 0.500. The molecule has 0 spiro atoms. The number of methoxy groups -OCH3 is 1. The van der Waals surface area contributed by atoms with Gasteiger partial charge in [-0.15, -0.1) is 0 Å². The van der Waals surface area contributed by atoms with E-state index in [1.165, 1.54) is 13.2 Å². The first-order valence-corrected chi connectivity index (χ1v) is 4.21. The minimum atomic E-state index is -0.460. The van der Waals surface area contributed by atoms with E-state index < -0.39 is 12.3 Å². The molecule has 0 rings (SSSR count). The third-order valence-electron chi connectivity index (χ3n) is 1.37. The summed E-state index contributed by atoms with van der Waals surface area (Å²) in [7, 11) is 1.51. The van der Waals surface area contributed by atoms with Crippen molar-refractivity contribution in [3.8, 4) is 0 Å². The number of esters is 1. The second-order valence-corrected chi connectivity index (χ2v) is 2.63. The van der Waals surface area contributed by atoms with E-state index in [0.29, 0.717) is 5.57 Å². The molecular formula is C10H16O4. The zero-order valence-electron chi connectivity index (χ0n) is 8.62. The van der Waals surface area contributed by atoms with Crippen molar-refractivity contribution >= 4 is 5.97 Å². The number of rotatable bonds is 7. The van der Waals surface area contributed by atoms with Gasteiger partial charge in [0.05, 0.1) is 6.61 Å². The van der Waals surface area contributed by atoms with Crippen LogP contribution in [0.2, 0.25) is 0 Å². The molecule has 4 heteroatoms. The number of hydrogen-bond donors (Lipinski definition) is 0. The smallest absolute Gasteiger partial charge is 0.333 e. The van der Waals surface area contributed by atoms with Gasteiger partial charge in [-0.2, -0.15) is 0 Å². The van der Waals surface area contributed by atoms with Crippen LogP contribution in [0.4, 0.5) is 0 Å². The van der Waals surface area contributed by atoms with Crippen molar-refractivity contribution in [2.75, 3.05) is 20.3 Å². The first-order chi connectivity index (χ1) is 6.61. The van der Waals surface area contributed by atoms with Gasteiger partial charge in [0.2, 0.25) is 0 Å². The van der Waals surface area contributed by atoms with Crippen LogP contribution in [-0.2, 0) is 19.0 Å². The molecule has 0 radical (unpaired) electrons. The van der Waals surface area contributed by atoms with Crippen molar-refractivity contribution in [3.63, 3.8) is 0 Å². The Hall–Kier alpha value is -1.13. The van der Waals surface area contributed by atoms with E-state index in [1.54, 1.807) is 6.92 Å². The largest absolute Gasteiger partial charge is 0.460 e. The predicted molar refractivity (Wildman–Crippen MR) is 52.7 cm³/mol.